The lowest BCUT2D eigenvalue weighted by Crippen LogP contribution is -2.27. The first-order valence-electron chi connectivity index (χ1n) is 11.7. The molecule has 0 aromatic heterocycles. The van der Waals surface area contributed by atoms with E-state index in [9.17, 15) is 4.79 Å². The maximum Gasteiger partial charge on any atom is 0.266 e. The lowest BCUT2D eigenvalue weighted by molar-refractivity contribution is -0.122. The maximum absolute atomic E-state index is 13.1. The first-order valence-corrected chi connectivity index (χ1v) is 13.7. The fourth-order valence-corrected chi connectivity index (χ4v) is 5.32. The molecule has 9 heteroatoms. The van der Waals surface area contributed by atoms with E-state index in [1.54, 1.807) is 23.1 Å². The summed E-state index contributed by atoms with van der Waals surface area (Å²) in [5.41, 5.74) is 1.74. The average molecular weight is 575 g/mol. The molecule has 1 aliphatic rings. The van der Waals surface area contributed by atoms with Crippen molar-refractivity contribution in [2.75, 3.05) is 19.8 Å². The molecule has 1 amide bonds. The monoisotopic (exact) mass is 573 g/mol. The zero-order valence-corrected chi connectivity index (χ0v) is 23.3. The summed E-state index contributed by atoms with van der Waals surface area (Å²) in [5.74, 6) is 1.46. The van der Waals surface area contributed by atoms with E-state index >= 15 is 0 Å². The largest absolute Gasteiger partial charge is 0.492 e. The first-order chi connectivity index (χ1) is 18.0. The van der Waals surface area contributed by atoms with Crippen molar-refractivity contribution in [1.82, 2.24) is 4.90 Å². The van der Waals surface area contributed by atoms with Crippen molar-refractivity contribution in [3.05, 3.63) is 92.8 Å². The van der Waals surface area contributed by atoms with E-state index in [2.05, 4.69) is 0 Å². The number of ether oxygens (including phenoxy) is 3. The molecule has 1 fully saturated rings. The van der Waals surface area contributed by atoms with Crippen LogP contribution in [0.2, 0.25) is 10.0 Å². The number of thioether (sulfide) groups is 1. The van der Waals surface area contributed by atoms with Gasteiger partial charge in [-0.1, -0.05) is 89.6 Å². The van der Waals surface area contributed by atoms with Gasteiger partial charge in [-0.15, -0.1) is 0 Å². The standard InChI is InChI=1S/C28H25Cl2NO4S2/c1-2-33-24-16-20(17-25-27(32)31(28(36)37-25)18-19-9-4-3-5-10-19)15-22(30)26(24)35-14-8-13-34-23-12-7-6-11-21(23)29/h3-7,9-12,15-17H,2,8,13-14,18H2,1H3/b25-17-. The highest BCUT2D eigenvalue weighted by Crippen LogP contribution is 2.39. The van der Waals surface area contributed by atoms with Gasteiger partial charge >= 0.3 is 0 Å². The van der Waals surface area contributed by atoms with Crippen LogP contribution in [0.4, 0.5) is 0 Å². The SMILES string of the molecule is CCOc1cc(/C=C2\SC(=S)N(Cc3ccccc3)C2=O)cc(Cl)c1OCCCOc1ccccc1Cl. The van der Waals surface area contributed by atoms with Crippen LogP contribution < -0.4 is 14.2 Å². The highest BCUT2D eigenvalue weighted by molar-refractivity contribution is 8.26. The van der Waals surface area contributed by atoms with Gasteiger partial charge in [-0.05, 0) is 48.4 Å². The number of halogens is 2. The summed E-state index contributed by atoms with van der Waals surface area (Å²) in [7, 11) is 0. The van der Waals surface area contributed by atoms with E-state index in [0.717, 1.165) is 11.1 Å². The number of nitrogens with zero attached hydrogens (tertiary/aromatic N) is 1. The Bertz CT molecular complexity index is 1300. The van der Waals surface area contributed by atoms with Crippen molar-refractivity contribution in [2.24, 2.45) is 0 Å². The molecular formula is C28H25Cl2NO4S2. The van der Waals surface area contributed by atoms with Crippen molar-refractivity contribution >= 4 is 63.5 Å². The minimum absolute atomic E-state index is 0.133. The van der Waals surface area contributed by atoms with Gasteiger partial charge in [0.05, 0.1) is 41.3 Å². The summed E-state index contributed by atoms with van der Waals surface area (Å²) in [6, 6.07) is 20.7. The molecule has 192 valence electrons. The third kappa shape index (κ3) is 7.20. The number of hydrogen-bond acceptors (Lipinski definition) is 6. The van der Waals surface area contributed by atoms with E-state index in [-0.39, 0.29) is 5.91 Å². The van der Waals surface area contributed by atoms with Crippen LogP contribution in [-0.2, 0) is 11.3 Å². The minimum atomic E-state index is -0.133. The first kappa shape index (κ1) is 27.3. The van der Waals surface area contributed by atoms with Gasteiger partial charge in [0.15, 0.2) is 11.5 Å². The summed E-state index contributed by atoms with van der Waals surface area (Å²) in [5, 5.41) is 0.960. The molecule has 0 saturated carbocycles. The van der Waals surface area contributed by atoms with E-state index < -0.39 is 0 Å². The quantitative estimate of drug-likeness (QED) is 0.133. The third-order valence-electron chi connectivity index (χ3n) is 5.32. The second-order valence-corrected chi connectivity index (χ2v) is 10.5. The van der Waals surface area contributed by atoms with Gasteiger partial charge in [0.1, 0.15) is 10.1 Å². The lowest BCUT2D eigenvalue weighted by Gasteiger charge is -2.15. The van der Waals surface area contributed by atoms with Gasteiger partial charge in [-0.2, -0.15) is 0 Å². The Morgan fingerprint density at radius 3 is 2.41 bits per heavy atom. The summed E-state index contributed by atoms with van der Waals surface area (Å²) >= 11 is 19.4. The van der Waals surface area contributed by atoms with E-state index in [1.807, 2.05) is 61.5 Å². The van der Waals surface area contributed by atoms with Gasteiger partial charge in [0, 0.05) is 6.42 Å². The van der Waals surface area contributed by atoms with Crippen LogP contribution in [0.5, 0.6) is 17.2 Å². The van der Waals surface area contributed by atoms with Crippen molar-refractivity contribution in [3.63, 3.8) is 0 Å². The van der Waals surface area contributed by atoms with E-state index in [1.165, 1.54) is 11.8 Å². The molecule has 3 aromatic carbocycles. The number of carbonyl (C=O) groups is 1. The van der Waals surface area contributed by atoms with Crippen LogP contribution in [0, 0.1) is 0 Å². The van der Waals surface area contributed by atoms with Crippen LogP contribution in [0.1, 0.15) is 24.5 Å². The van der Waals surface area contributed by atoms with Gasteiger partial charge < -0.3 is 14.2 Å². The number of para-hydroxylation sites is 1. The Labute approximate surface area is 236 Å². The molecule has 4 rings (SSSR count). The zero-order valence-electron chi connectivity index (χ0n) is 20.1. The number of carbonyl (C=O) groups excluding carboxylic acids is 1. The molecule has 0 N–H and O–H groups in total. The Hall–Kier alpha value is -2.71. The lowest BCUT2D eigenvalue weighted by atomic mass is 10.1. The normalized spacial score (nSPS) is 14.4. The van der Waals surface area contributed by atoms with Crippen LogP contribution >= 0.6 is 47.2 Å². The second kappa shape index (κ2) is 13.2. The molecule has 5 nitrogen and oxygen atoms in total. The molecule has 1 heterocycles. The van der Waals surface area contributed by atoms with Crippen LogP contribution in [0.25, 0.3) is 6.08 Å². The summed E-state index contributed by atoms with van der Waals surface area (Å²) < 4.78 is 18.0. The van der Waals surface area contributed by atoms with Gasteiger partial charge in [0.2, 0.25) is 0 Å². The molecule has 1 aliphatic heterocycles. The van der Waals surface area contributed by atoms with Crippen molar-refractivity contribution in [2.45, 2.75) is 19.9 Å². The predicted octanol–water partition coefficient (Wildman–Crippen LogP) is 7.64. The van der Waals surface area contributed by atoms with Crippen molar-refractivity contribution in [1.29, 1.82) is 0 Å². The zero-order chi connectivity index (χ0) is 26.2. The van der Waals surface area contributed by atoms with Crippen LogP contribution in [0.15, 0.2) is 71.6 Å². The summed E-state index contributed by atoms with van der Waals surface area (Å²) in [6.07, 6.45) is 2.40. The summed E-state index contributed by atoms with van der Waals surface area (Å²) in [4.78, 5) is 15.2. The molecule has 3 aromatic rings. The molecule has 0 bridgehead atoms. The molecule has 0 atom stereocenters. The predicted molar refractivity (Wildman–Crippen MR) is 155 cm³/mol. The highest BCUT2D eigenvalue weighted by atomic mass is 35.5. The molecule has 0 radical (unpaired) electrons. The number of thiocarbonyl (C=S) groups is 1. The molecule has 37 heavy (non-hydrogen) atoms. The van der Waals surface area contributed by atoms with Gasteiger partial charge in [-0.3, -0.25) is 9.69 Å². The number of amides is 1. The molecule has 1 saturated heterocycles. The number of hydrogen-bond donors (Lipinski definition) is 0. The Morgan fingerprint density at radius 1 is 0.919 bits per heavy atom. The van der Waals surface area contributed by atoms with Crippen LogP contribution in [-0.4, -0.2) is 34.9 Å². The number of rotatable bonds is 11. The fraction of sp³-hybridized carbons (Fsp3) is 0.214. The Balaban J connectivity index is 1.42. The summed E-state index contributed by atoms with van der Waals surface area (Å²) in [6.45, 7) is 3.57. The van der Waals surface area contributed by atoms with E-state index in [4.69, 9.17) is 49.6 Å². The Morgan fingerprint density at radius 2 is 1.65 bits per heavy atom. The van der Waals surface area contributed by atoms with Crippen LogP contribution in [0.3, 0.4) is 0 Å². The molecule has 0 aliphatic carbocycles. The minimum Gasteiger partial charge on any atom is -0.492 e. The second-order valence-electron chi connectivity index (χ2n) is 8.00. The highest BCUT2D eigenvalue weighted by Gasteiger charge is 2.32. The van der Waals surface area contributed by atoms with E-state index in [0.29, 0.717) is 69.3 Å². The molecular weight excluding hydrogens is 549 g/mol. The van der Waals surface area contributed by atoms with Crippen molar-refractivity contribution in [3.8, 4) is 17.2 Å². The Kier molecular flexibility index (Phi) is 9.75. The van der Waals surface area contributed by atoms with Gasteiger partial charge in [-0.25, -0.2) is 0 Å². The van der Waals surface area contributed by atoms with Crippen molar-refractivity contribution < 1.29 is 19.0 Å². The maximum atomic E-state index is 13.1. The van der Waals surface area contributed by atoms with Gasteiger partial charge in [0.25, 0.3) is 5.91 Å². The molecule has 0 spiro atoms. The third-order valence-corrected chi connectivity index (χ3v) is 7.29. The average Bonchev–Trinajstić information content (AvgIpc) is 3.14. The topological polar surface area (TPSA) is 48.0 Å². The smallest absolute Gasteiger partial charge is 0.266 e. The molecule has 0 unspecified atom stereocenters. The fourth-order valence-electron chi connectivity index (χ4n) is 3.61. The number of benzene rings is 3.